The van der Waals surface area contributed by atoms with E-state index in [1.807, 2.05) is 30.3 Å². The van der Waals surface area contributed by atoms with Crippen molar-refractivity contribution in [2.24, 2.45) is 0 Å². The predicted octanol–water partition coefficient (Wildman–Crippen LogP) is 3.67. The normalized spacial score (nSPS) is 10.5. The first-order valence-electron chi connectivity index (χ1n) is 6.23. The summed E-state index contributed by atoms with van der Waals surface area (Å²) in [5, 5.41) is 10.1. The number of urea groups is 1. The van der Waals surface area contributed by atoms with E-state index in [1.165, 1.54) is 11.5 Å². The molecule has 5 nitrogen and oxygen atoms in total. The largest absolute Gasteiger partial charge is 0.334 e. The van der Waals surface area contributed by atoms with Crippen molar-refractivity contribution >= 4 is 45.1 Å². The number of amides is 2. The zero-order valence-electron chi connectivity index (χ0n) is 10.8. The lowest BCUT2D eigenvalue weighted by atomic mass is 10.2. The lowest BCUT2D eigenvalue weighted by Gasteiger charge is -2.08. The molecule has 0 spiro atoms. The monoisotopic (exact) mass is 318 g/mol. The number of carbonyl (C=O) groups excluding carboxylic acids is 1. The predicted molar refractivity (Wildman–Crippen MR) is 84.7 cm³/mol. The molecule has 106 valence electrons. The van der Waals surface area contributed by atoms with Gasteiger partial charge in [-0.1, -0.05) is 34.3 Å². The second-order valence-corrected chi connectivity index (χ2v) is 5.55. The quantitative estimate of drug-likeness (QED) is 0.774. The van der Waals surface area contributed by atoms with Crippen LogP contribution in [0.5, 0.6) is 0 Å². The maximum absolute atomic E-state index is 11.9. The fourth-order valence-electron chi connectivity index (χ4n) is 1.85. The second-order valence-electron chi connectivity index (χ2n) is 4.35. The third-order valence-corrected chi connectivity index (χ3v) is 3.98. The van der Waals surface area contributed by atoms with Crippen molar-refractivity contribution in [2.75, 3.05) is 5.32 Å². The zero-order chi connectivity index (χ0) is 14.7. The molecule has 1 heterocycles. The smallest absolute Gasteiger partial charge is 0.319 e. The number of halogens is 1. The van der Waals surface area contributed by atoms with Crippen LogP contribution in [0.2, 0.25) is 5.02 Å². The number of aromatic nitrogens is 2. The molecule has 0 saturated heterocycles. The molecular formula is C14H11ClN4OS. The number of fused-ring (bicyclic) bond motifs is 1. The lowest BCUT2D eigenvalue weighted by Crippen LogP contribution is -2.28. The zero-order valence-corrected chi connectivity index (χ0v) is 12.4. The summed E-state index contributed by atoms with van der Waals surface area (Å²) in [5.74, 6) is 0. The summed E-state index contributed by atoms with van der Waals surface area (Å²) in [6, 6.07) is 12.6. The van der Waals surface area contributed by atoms with Crippen LogP contribution >= 0.6 is 23.1 Å². The Morgan fingerprint density at radius 3 is 2.95 bits per heavy atom. The minimum absolute atomic E-state index is 0.294. The third kappa shape index (κ3) is 3.29. The lowest BCUT2D eigenvalue weighted by molar-refractivity contribution is 0.252. The van der Waals surface area contributed by atoms with Crippen molar-refractivity contribution in [3.05, 3.63) is 53.1 Å². The highest BCUT2D eigenvalue weighted by Gasteiger charge is 2.05. The van der Waals surface area contributed by atoms with Crippen LogP contribution in [0.4, 0.5) is 10.5 Å². The van der Waals surface area contributed by atoms with E-state index in [0.29, 0.717) is 17.3 Å². The van der Waals surface area contributed by atoms with Gasteiger partial charge in [-0.25, -0.2) is 4.79 Å². The summed E-state index contributed by atoms with van der Waals surface area (Å²) >= 11 is 7.35. The number of hydrogen-bond acceptors (Lipinski definition) is 4. The number of rotatable bonds is 3. The third-order valence-electron chi connectivity index (χ3n) is 2.90. The van der Waals surface area contributed by atoms with Crippen molar-refractivity contribution in [1.29, 1.82) is 0 Å². The van der Waals surface area contributed by atoms with Gasteiger partial charge in [-0.05, 0) is 41.4 Å². The van der Waals surface area contributed by atoms with Gasteiger partial charge in [0.25, 0.3) is 0 Å². The van der Waals surface area contributed by atoms with Gasteiger partial charge < -0.3 is 10.6 Å². The molecule has 0 atom stereocenters. The van der Waals surface area contributed by atoms with Gasteiger partial charge in [0.2, 0.25) is 0 Å². The summed E-state index contributed by atoms with van der Waals surface area (Å²) in [6.45, 7) is 0.367. The van der Waals surface area contributed by atoms with Gasteiger partial charge in [-0.3, -0.25) is 0 Å². The van der Waals surface area contributed by atoms with Crippen LogP contribution in [0.25, 0.3) is 10.2 Å². The number of anilines is 1. The van der Waals surface area contributed by atoms with E-state index in [1.54, 1.807) is 12.1 Å². The SMILES string of the molecule is O=C(NCc1ccccc1Cl)Nc1ccc2snnc2c1. The maximum atomic E-state index is 11.9. The van der Waals surface area contributed by atoms with Gasteiger partial charge in [-0.2, -0.15) is 0 Å². The molecule has 2 amide bonds. The average molecular weight is 319 g/mol. The molecule has 0 aliphatic rings. The highest BCUT2D eigenvalue weighted by atomic mass is 35.5. The Labute approximate surface area is 130 Å². The van der Waals surface area contributed by atoms with Crippen LogP contribution in [0.1, 0.15) is 5.56 Å². The molecule has 0 bridgehead atoms. The van der Waals surface area contributed by atoms with Gasteiger partial charge >= 0.3 is 6.03 Å². The number of hydrogen-bond donors (Lipinski definition) is 2. The van der Waals surface area contributed by atoms with Crippen LogP contribution in [0.3, 0.4) is 0 Å². The van der Waals surface area contributed by atoms with Crippen LogP contribution in [0, 0.1) is 0 Å². The molecule has 0 radical (unpaired) electrons. The standard InChI is InChI=1S/C14H11ClN4OS/c15-11-4-2-1-3-9(11)8-16-14(20)17-10-5-6-13-12(7-10)18-19-21-13/h1-7H,8H2,(H2,16,17,20). The van der Waals surface area contributed by atoms with Gasteiger partial charge in [0.05, 0.1) is 4.70 Å². The van der Waals surface area contributed by atoms with E-state index in [4.69, 9.17) is 11.6 Å². The van der Waals surface area contributed by atoms with E-state index < -0.39 is 0 Å². The van der Waals surface area contributed by atoms with Crippen molar-refractivity contribution in [3.8, 4) is 0 Å². The highest BCUT2D eigenvalue weighted by Crippen LogP contribution is 2.19. The number of benzene rings is 2. The van der Waals surface area contributed by atoms with Crippen molar-refractivity contribution in [3.63, 3.8) is 0 Å². The Bertz CT molecular complexity index is 789. The van der Waals surface area contributed by atoms with E-state index in [9.17, 15) is 4.79 Å². The van der Waals surface area contributed by atoms with Gasteiger partial charge in [0, 0.05) is 17.3 Å². The van der Waals surface area contributed by atoms with Gasteiger partial charge in [0.1, 0.15) is 5.52 Å². The first-order chi connectivity index (χ1) is 10.2. The summed E-state index contributed by atoms with van der Waals surface area (Å²) in [7, 11) is 0. The molecule has 0 saturated carbocycles. The molecule has 2 N–H and O–H groups in total. The molecule has 2 aromatic carbocycles. The average Bonchev–Trinajstić information content (AvgIpc) is 2.94. The highest BCUT2D eigenvalue weighted by molar-refractivity contribution is 7.12. The molecule has 7 heteroatoms. The van der Waals surface area contributed by atoms with Crippen LogP contribution < -0.4 is 10.6 Å². The Balaban J connectivity index is 1.62. The fourth-order valence-corrected chi connectivity index (χ4v) is 2.59. The number of nitrogens with zero attached hydrogens (tertiary/aromatic N) is 2. The Morgan fingerprint density at radius 2 is 2.10 bits per heavy atom. The maximum Gasteiger partial charge on any atom is 0.319 e. The first-order valence-corrected chi connectivity index (χ1v) is 7.38. The van der Waals surface area contributed by atoms with E-state index in [2.05, 4.69) is 20.2 Å². The molecule has 1 aromatic heterocycles. The van der Waals surface area contributed by atoms with Crippen molar-refractivity contribution in [2.45, 2.75) is 6.54 Å². The van der Waals surface area contributed by atoms with Crippen molar-refractivity contribution < 1.29 is 4.79 Å². The minimum atomic E-state index is -0.294. The topological polar surface area (TPSA) is 66.9 Å². The van der Waals surface area contributed by atoms with Crippen LogP contribution in [-0.2, 0) is 6.54 Å². The summed E-state index contributed by atoms with van der Waals surface area (Å²) < 4.78 is 4.84. The first kappa shape index (κ1) is 13.8. The Hall–Kier alpha value is -2.18. The Morgan fingerprint density at radius 1 is 1.24 bits per heavy atom. The molecule has 0 unspecified atom stereocenters. The summed E-state index contributed by atoms with van der Waals surface area (Å²) in [5.41, 5.74) is 2.31. The van der Waals surface area contributed by atoms with Crippen LogP contribution in [-0.4, -0.2) is 15.6 Å². The van der Waals surface area contributed by atoms with Crippen LogP contribution in [0.15, 0.2) is 42.5 Å². The molecule has 0 fully saturated rings. The van der Waals surface area contributed by atoms with E-state index in [0.717, 1.165) is 15.8 Å². The number of carbonyl (C=O) groups is 1. The molecule has 0 aliphatic carbocycles. The Kier molecular flexibility index (Phi) is 3.98. The molecule has 3 rings (SSSR count). The minimum Gasteiger partial charge on any atom is -0.334 e. The molecule has 3 aromatic rings. The summed E-state index contributed by atoms with van der Waals surface area (Å²) in [6.07, 6.45) is 0. The fraction of sp³-hybridized carbons (Fsp3) is 0.0714. The molecular weight excluding hydrogens is 308 g/mol. The molecule has 21 heavy (non-hydrogen) atoms. The van der Waals surface area contributed by atoms with E-state index >= 15 is 0 Å². The van der Waals surface area contributed by atoms with E-state index in [-0.39, 0.29) is 6.03 Å². The van der Waals surface area contributed by atoms with Gasteiger partial charge in [0.15, 0.2) is 0 Å². The second kappa shape index (κ2) is 6.07. The number of nitrogens with one attached hydrogen (secondary N) is 2. The van der Waals surface area contributed by atoms with Gasteiger partial charge in [-0.15, -0.1) is 5.10 Å². The summed E-state index contributed by atoms with van der Waals surface area (Å²) in [4.78, 5) is 11.9. The molecule has 0 aliphatic heterocycles. The van der Waals surface area contributed by atoms with Crippen molar-refractivity contribution in [1.82, 2.24) is 14.9 Å².